The molecule has 0 spiro atoms. The number of anilines is 1. The Bertz CT molecular complexity index is 567. The second kappa shape index (κ2) is 5.84. The fourth-order valence-corrected chi connectivity index (χ4v) is 2.52. The van der Waals surface area contributed by atoms with Crippen LogP contribution in [0.1, 0.15) is 33.8 Å². The van der Waals surface area contributed by atoms with Gasteiger partial charge in [0.25, 0.3) is 0 Å². The Labute approximate surface area is 116 Å². The van der Waals surface area contributed by atoms with Gasteiger partial charge in [0.2, 0.25) is 0 Å². The van der Waals surface area contributed by atoms with E-state index < -0.39 is 5.97 Å². The first-order valence-corrected chi connectivity index (χ1v) is 6.93. The van der Waals surface area contributed by atoms with E-state index in [9.17, 15) is 9.90 Å². The topological polar surface area (TPSA) is 62.2 Å². The van der Waals surface area contributed by atoms with Gasteiger partial charge in [-0.2, -0.15) is 0 Å². The van der Waals surface area contributed by atoms with Crippen molar-refractivity contribution in [1.82, 2.24) is 4.98 Å². The Balaban J connectivity index is 2.09. The summed E-state index contributed by atoms with van der Waals surface area (Å²) in [5.74, 6) is -0.656. The highest BCUT2D eigenvalue weighted by Crippen LogP contribution is 2.21. The van der Waals surface area contributed by atoms with Crippen molar-refractivity contribution in [2.24, 2.45) is 0 Å². The molecule has 1 atom stereocenters. The summed E-state index contributed by atoms with van der Waals surface area (Å²) < 4.78 is 0. The molecule has 0 bridgehead atoms. The number of carbonyl (C=O) groups is 1. The Morgan fingerprint density at radius 3 is 2.95 bits per heavy atom. The van der Waals surface area contributed by atoms with Crippen LogP contribution in [0.25, 0.3) is 0 Å². The first-order valence-electron chi connectivity index (χ1n) is 6.05. The third-order valence-electron chi connectivity index (χ3n) is 2.88. The molecule has 1 aromatic heterocycles. The van der Waals surface area contributed by atoms with Gasteiger partial charge in [0.15, 0.2) is 0 Å². The second-order valence-electron chi connectivity index (χ2n) is 4.51. The lowest BCUT2D eigenvalue weighted by Crippen LogP contribution is -2.12. The lowest BCUT2D eigenvalue weighted by atomic mass is 10.1. The SMILES string of the molecule is Cc1ccc(NCC(C)c2nccs2)c(C(=O)O)c1. The molecule has 4 nitrogen and oxygen atoms in total. The number of carboxylic acid groups (broad SMARTS) is 1. The number of aromatic nitrogens is 1. The van der Waals surface area contributed by atoms with E-state index in [-0.39, 0.29) is 5.92 Å². The Hall–Kier alpha value is -1.88. The average molecular weight is 276 g/mol. The molecule has 100 valence electrons. The lowest BCUT2D eigenvalue weighted by Gasteiger charge is -2.13. The Kier molecular flexibility index (Phi) is 4.16. The maximum atomic E-state index is 11.2. The fraction of sp³-hybridized carbons (Fsp3) is 0.286. The summed E-state index contributed by atoms with van der Waals surface area (Å²) in [6, 6.07) is 5.40. The van der Waals surface area contributed by atoms with Crippen LogP contribution < -0.4 is 5.32 Å². The number of aryl methyl sites for hydroxylation is 1. The minimum Gasteiger partial charge on any atom is -0.478 e. The van der Waals surface area contributed by atoms with Crippen LogP contribution in [0.4, 0.5) is 5.69 Å². The number of nitrogens with one attached hydrogen (secondary N) is 1. The number of rotatable bonds is 5. The van der Waals surface area contributed by atoms with Crippen LogP contribution in [0, 0.1) is 6.92 Å². The second-order valence-corrected chi connectivity index (χ2v) is 5.43. The molecule has 2 N–H and O–H groups in total. The van der Waals surface area contributed by atoms with Gasteiger partial charge < -0.3 is 10.4 Å². The zero-order valence-corrected chi connectivity index (χ0v) is 11.7. The molecule has 0 saturated heterocycles. The smallest absolute Gasteiger partial charge is 0.337 e. The molecule has 2 aromatic rings. The van der Waals surface area contributed by atoms with Gasteiger partial charge in [-0.25, -0.2) is 9.78 Å². The third kappa shape index (κ3) is 3.32. The number of thiazole rings is 1. The van der Waals surface area contributed by atoms with Gasteiger partial charge in [0.1, 0.15) is 0 Å². The van der Waals surface area contributed by atoms with E-state index >= 15 is 0 Å². The number of benzene rings is 1. The van der Waals surface area contributed by atoms with Gasteiger partial charge in [0, 0.05) is 29.7 Å². The van der Waals surface area contributed by atoms with Gasteiger partial charge in [-0.1, -0.05) is 18.6 Å². The molecule has 1 heterocycles. The minimum atomic E-state index is -0.909. The third-order valence-corrected chi connectivity index (χ3v) is 3.88. The van der Waals surface area contributed by atoms with E-state index in [0.717, 1.165) is 10.6 Å². The largest absolute Gasteiger partial charge is 0.478 e. The van der Waals surface area contributed by atoms with Gasteiger partial charge in [-0.3, -0.25) is 0 Å². The van der Waals surface area contributed by atoms with Crippen LogP contribution in [0.3, 0.4) is 0 Å². The van der Waals surface area contributed by atoms with Crippen LogP contribution in [-0.4, -0.2) is 22.6 Å². The average Bonchev–Trinajstić information content (AvgIpc) is 2.90. The Morgan fingerprint density at radius 2 is 2.32 bits per heavy atom. The molecule has 0 radical (unpaired) electrons. The van der Waals surface area contributed by atoms with Crippen molar-refractivity contribution in [3.63, 3.8) is 0 Å². The summed E-state index contributed by atoms with van der Waals surface area (Å²) >= 11 is 1.61. The molecule has 0 amide bonds. The van der Waals surface area contributed by atoms with Crippen LogP contribution in [-0.2, 0) is 0 Å². The zero-order chi connectivity index (χ0) is 13.8. The predicted molar refractivity (Wildman–Crippen MR) is 77.2 cm³/mol. The molecule has 1 aromatic carbocycles. The van der Waals surface area contributed by atoms with E-state index in [1.54, 1.807) is 23.6 Å². The van der Waals surface area contributed by atoms with E-state index in [1.807, 2.05) is 24.4 Å². The van der Waals surface area contributed by atoms with E-state index in [0.29, 0.717) is 17.8 Å². The summed E-state index contributed by atoms with van der Waals surface area (Å²) in [5, 5.41) is 15.4. The molecule has 0 aliphatic rings. The first-order chi connectivity index (χ1) is 9.08. The van der Waals surface area contributed by atoms with Gasteiger partial charge in [-0.05, 0) is 19.1 Å². The molecule has 0 saturated carbocycles. The summed E-state index contributed by atoms with van der Waals surface area (Å²) in [7, 11) is 0. The molecular formula is C14H16N2O2S. The molecule has 1 unspecified atom stereocenters. The van der Waals surface area contributed by atoms with Crippen molar-refractivity contribution in [1.29, 1.82) is 0 Å². The maximum absolute atomic E-state index is 11.2. The number of carboxylic acids is 1. The normalized spacial score (nSPS) is 12.1. The van der Waals surface area contributed by atoms with E-state index in [2.05, 4.69) is 17.2 Å². The molecular weight excluding hydrogens is 260 g/mol. The quantitative estimate of drug-likeness (QED) is 0.879. The molecule has 0 aliphatic carbocycles. The van der Waals surface area contributed by atoms with E-state index in [4.69, 9.17) is 0 Å². The van der Waals surface area contributed by atoms with Crippen molar-refractivity contribution in [2.45, 2.75) is 19.8 Å². The van der Waals surface area contributed by atoms with Crippen molar-refractivity contribution in [2.75, 3.05) is 11.9 Å². The molecule has 0 fully saturated rings. The van der Waals surface area contributed by atoms with Crippen LogP contribution in [0.2, 0.25) is 0 Å². The standard InChI is InChI=1S/C14H16N2O2S/c1-9-3-4-12(11(7-9)14(17)18)16-8-10(2)13-15-5-6-19-13/h3-7,10,16H,8H2,1-2H3,(H,17,18). The molecule has 5 heteroatoms. The van der Waals surface area contributed by atoms with Gasteiger partial charge in [0.05, 0.1) is 10.6 Å². The van der Waals surface area contributed by atoms with Crippen molar-refractivity contribution < 1.29 is 9.90 Å². The van der Waals surface area contributed by atoms with E-state index in [1.165, 1.54) is 0 Å². The Morgan fingerprint density at radius 1 is 1.53 bits per heavy atom. The molecule has 0 aliphatic heterocycles. The summed E-state index contributed by atoms with van der Waals surface area (Å²) in [6.45, 7) is 4.62. The highest BCUT2D eigenvalue weighted by molar-refractivity contribution is 7.09. The number of aromatic carboxylic acids is 1. The molecule has 2 rings (SSSR count). The van der Waals surface area contributed by atoms with Crippen LogP contribution in [0.15, 0.2) is 29.8 Å². The van der Waals surface area contributed by atoms with Gasteiger partial charge in [-0.15, -0.1) is 11.3 Å². The number of hydrogen-bond donors (Lipinski definition) is 2. The predicted octanol–water partition coefficient (Wildman–Crippen LogP) is 3.37. The number of hydrogen-bond acceptors (Lipinski definition) is 4. The minimum absolute atomic E-state index is 0.253. The van der Waals surface area contributed by atoms with Crippen molar-refractivity contribution in [3.8, 4) is 0 Å². The fourth-order valence-electron chi connectivity index (χ4n) is 1.82. The summed E-state index contributed by atoms with van der Waals surface area (Å²) in [5.41, 5.74) is 1.91. The van der Waals surface area contributed by atoms with Gasteiger partial charge >= 0.3 is 5.97 Å². The highest BCUT2D eigenvalue weighted by atomic mass is 32.1. The highest BCUT2D eigenvalue weighted by Gasteiger charge is 2.12. The molecule has 19 heavy (non-hydrogen) atoms. The van der Waals surface area contributed by atoms with Crippen molar-refractivity contribution >= 4 is 23.0 Å². The first kappa shape index (κ1) is 13.5. The summed E-state index contributed by atoms with van der Waals surface area (Å²) in [6.07, 6.45) is 1.78. The van der Waals surface area contributed by atoms with Crippen LogP contribution >= 0.6 is 11.3 Å². The lowest BCUT2D eigenvalue weighted by molar-refractivity contribution is 0.0698. The number of nitrogens with zero attached hydrogens (tertiary/aromatic N) is 1. The van der Waals surface area contributed by atoms with Crippen molar-refractivity contribution in [3.05, 3.63) is 45.9 Å². The van der Waals surface area contributed by atoms with Crippen LogP contribution in [0.5, 0.6) is 0 Å². The monoisotopic (exact) mass is 276 g/mol. The maximum Gasteiger partial charge on any atom is 0.337 e. The summed E-state index contributed by atoms with van der Waals surface area (Å²) in [4.78, 5) is 15.5. The zero-order valence-electron chi connectivity index (χ0n) is 10.9.